The average molecular weight is 388 g/mol. The molecule has 1 aromatic carbocycles. The molecule has 21 heavy (non-hydrogen) atoms. The van der Waals surface area contributed by atoms with E-state index in [2.05, 4.69) is 36.2 Å². The number of rotatable bonds is 2. The van der Waals surface area contributed by atoms with E-state index in [0.717, 1.165) is 0 Å². The predicted molar refractivity (Wildman–Crippen MR) is 84.7 cm³/mol. The third-order valence-electron chi connectivity index (χ3n) is 2.74. The summed E-state index contributed by atoms with van der Waals surface area (Å²) in [6.07, 6.45) is 1.36. The third-order valence-corrected chi connectivity index (χ3v) is 4.21. The molecule has 106 valence electrons. The zero-order valence-electron chi connectivity index (χ0n) is 10.2. The van der Waals surface area contributed by atoms with E-state index in [1.807, 2.05) is 0 Å². The molecule has 8 heteroatoms. The molecule has 0 amide bonds. The molecule has 1 N–H and O–H groups in total. The van der Waals surface area contributed by atoms with E-state index in [1.54, 1.807) is 24.3 Å². The van der Waals surface area contributed by atoms with E-state index in [9.17, 15) is 4.39 Å². The summed E-state index contributed by atoms with van der Waals surface area (Å²) in [5.41, 5.74) is 1.23. The van der Waals surface area contributed by atoms with Crippen LogP contribution in [0.5, 0.6) is 0 Å². The van der Waals surface area contributed by atoms with Crippen molar-refractivity contribution in [1.82, 2.24) is 15.0 Å². The smallest absolute Gasteiger partial charge is 0.166 e. The molecule has 0 fully saturated rings. The molecule has 0 aliphatic heterocycles. The zero-order valence-corrected chi connectivity index (χ0v) is 13.3. The lowest BCUT2D eigenvalue weighted by Gasteiger charge is -2.10. The lowest BCUT2D eigenvalue weighted by molar-refractivity contribution is 0.631. The molecule has 0 spiro atoms. The molecule has 0 aliphatic rings. The highest BCUT2D eigenvalue weighted by molar-refractivity contribution is 9.10. The molecule has 0 bridgehead atoms. The van der Waals surface area contributed by atoms with Crippen LogP contribution in [0.2, 0.25) is 10.2 Å². The van der Waals surface area contributed by atoms with Gasteiger partial charge in [-0.25, -0.2) is 19.3 Å². The Bertz CT molecular complexity index is 844. The number of hydrogen-bond acceptors (Lipinski definition) is 4. The van der Waals surface area contributed by atoms with Gasteiger partial charge >= 0.3 is 0 Å². The number of hydrogen-bond donors (Lipinski definition) is 1. The highest BCUT2D eigenvalue weighted by Crippen LogP contribution is 2.32. The normalized spacial score (nSPS) is 10.9. The van der Waals surface area contributed by atoms with Crippen LogP contribution >= 0.6 is 39.1 Å². The molecule has 0 saturated carbocycles. The largest absolute Gasteiger partial charge is 0.336 e. The van der Waals surface area contributed by atoms with Crippen LogP contribution in [0, 0.1) is 5.82 Å². The van der Waals surface area contributed by atoms with Gasteiger partial charge in [-0.1, -0.05) is 23.2 Å². The average Bonchev–Trinajstić information content (AvgIpc) is 2.48. The second-order valence-electron chi connectivity index (χ2n) is 4.07. The van der Waals surface area contributed by atoms with Crippen LogP contribution in [0.15, 0.2) is 35.1 Å². The van der Waals surface area contributed by atoms with Gasteiger partial charge in [0.2, 0.25) is 0 Å². The fraction of sp³-hybridized carbons (Fsp3) is 0. The summed E-state index contributed by atoms with van der Waals surface area (Å²) in [6, 6.07) is 6.52. The molecule has 0 saturated heterocycles. The predicted octanol–water partition coefficient (Wildman–Crippen LogP) is 4.98. The van der Waals surface area contributed by atoms with E-state index in [0.29, 0.717) is 26.5 Å². The number of halogens is 4. The first kappa shape index (κ1) is 14.4. The van der Waals surface area contributed by atoms with Crippen LogP contribution in [-0.4, -0.2) is 15.0 Å². The first-order chi connectivity index (χ1) is 10.1. The van der Waals surface area contributed by atoms with Gasteiger partial charge < -0.3 is 5.32 Å². The van der Waals surface area contributed by atoms with Gasteiger partial charge in [-0.3, -0.25) is 0 Å². The third kappa shape index (κ3) is 2.79. The molecule has 0 radical (unpaired) electrons. The van der Waals surface area contributed by atoms with Crippen LogP contribution in [0.4, 0.5) is 15.9 Å². The number of aromatic nitrogens is 3. The molecule has 2 aromatic heterocycles. The number of pyridine rings is 1. The van der Waals surface area contributed by atoms with Crippen LogP contribution in [0.1, 0.15) is 0 Å². The minimum absolute atomic E-state index is 0.00986. The van der Waals surface area contributed by atoms with Crippen molar-refractivity contribution in [3.63, 3.8) is 0 Å². The summed E-state index contributed by atoms with van der Waals surface area (Å²) in [4.78, 5) is 12.3. The Balaban J connectivity index is 2.10. The summed E-state index contributed by atoms with van der Waals surface area (Å²) in [5.74, 6) is -0.236. The van der Waals surface area contributed by atoms with E-state index >= 15 is 0 Å². The van der Waals surface area contributed by atoms with Crippen molar-refractivity contribution in [3.05, 3.63) is 51.1 Å². The highest BCUT2D eigenvalue weighted by atomic mass is 79.9. The van der Waals surface area contributed by atoms with Crippen molar-refractivity contribution in [2.45, 2.75) is 0 Å². The summed E-state index contributed by atoms with van der Waals surface area (Å²) in [6.45, 7) is 0. The van der Waals surface area contributed by atoms with Crippen LogP contribution in [0.25, 0.3) is 11.0 Å². The molecule has 2 heterocycles. The Morgan fingerprint density at radius 3 is 2.71 bits per heavy atom. The monoisotopic (exact) mass is 386 g/mol. The molecule has 3 rings (SSSR count). The van der Waals surface area contributed by atoms with Gasteiger partial charge in [-0.2, -0.15) is 0 Å². The maximum atomic E-state index is 14.1. The maximum Gasteiger partial charge on any atom is 0.166 e. The van der Waals surface area contributed by atoms with E-state index in [1.165, 1.54) is 6.33 Å². The van der Waals surface area contributed by atoms with Crippen LogP contribution in [-0.2, 0) is 0 Å². The Kier molecular flexibility index (Phi) is 3.93. The Labute approximate surface area is 137 Å². The molecule has 0 aliphatic carbocycles. The van der Waals surface area contributed by atoms with Gasteiger partial charge in [0.1, 0.15) is 17.0 Å². The topological polar surface area (TPSA) is 50.7 Å². The summed E-state index contributed by atoms with van der Waals surface area (Å²) < 4.78 is 14.6. The minimum Gasteiger partial charge on any atom is -0.336 e. The Hall–Kier alpha value is -1.50. The summed E-state index contributed by atoms with van der Waals surface area (Å²) in [7, 11) is 0. The number of anilines is 2. The lowest BCUT2D eigenvalue weighted by Crippen LogP contribution is -2.00. The van der Waals surface area contributed by atoms with Crippen LogP contribution < -0.4 is 5.32 Å². The van der Waals surface area contributed by atoms with Gasteiger partial charge in [-0.15, -0.1) is 0 Å². The lowest BCUT2D eigenvalue weighted by atomic mass is 10.3. The van der Waals surface area contributed by atoms with E-state index in [-0.39, 0.29) is 10.7 Å². The first-order valence-electron chi connectivity index (χ1n) is 5.74. The van der Waals surface area contributed by atoms with Gasteiger partial charge in [0.25, 0.3) is 0 Å². The molecule has 0 atom stereocenters. The minimum atomic E-state index is -0.583. The number of nitrogens with zero attached hydrogens (tertiary/aromatic N) is 3. The first-order valence-corrected chi connectivity index (χ1v) is 7.29. The zero-order chi connectivity index (χ0) is 15.0. The number of fused-ring (bicyclic) bond motifs is 1. The van der Waals surface area contributed by atoms with Gasteiger partial charge in [-0.05, 0) is 40.2 Å². The number of benzene rings is 1. The second-order valence-corrected chi connectivity index (χ2v) is 5.69. The quantitative estimate of drug-likeness (QED) is 0.497. The van der Waals surface area contributed by atoms with Gasteiger partial charge in [0.15, 0.2) is 11.6 Å². The Morgan fingerprint density at radius 2 is 1.90 bits per heavy atom. The second kappa shape index (κ2) is 5.71. The van der Waals surface area contributed by atoms with E-state index in [4.69, 9.17) is 23.2 Å². The fourth-order valence-electron chi connectivity index (χ4n) is 1.76. The van der Waals surface area contributed by atoms with Crippen molar-refractivity contribution < 1.29 is 4.39 Å². The maximum absolute atomic E-state index is 14.1. The Morgan fingerprint density at radius 1 is 1.10 bits per heavy atom. The summed E-state index contributed by atoms with van der Waals surface area (Å²) >= 11 is 14.9. The molecular weight excluding hydrogens is 382 g/mol. The standard InChI is InChI=1S/C13H6BrCl2FN4/c14-6-1-2-7(11(17)10(6)16)20-13-12-8(18-5-19-13)3-4-9(15)21-12/h1-5H,(H,18,19,20). The van der Waals surface area contributed by atoms with Crippen molar-refractivity contribution in [2.75, 3.05) is 5.32 Å². The van der Waals surface area contributed by atoms with Crippen molar-refractivity contribution in [2.24, 2.45) is 0 Å². The van der Waals surface area contributed by atoms with Crippen molar-refractivity contribution in [3.8, 4) is 0 Å². The summed E-state index contributed by atoms with van der Waals surface area (Å²) in [5, 5.41) is 3.15. The molecule has 3 aromatic rings. The molecular formula is C13H6BrCl2FN4. The van der Waals surface area contributed by atoms with Crippen molar-refractivity contribution >= 4 is 61.7 Å². The molecule has 0 unspecified atom stereocenters. The number of nitrogens with one attached hydrogen (secondary N) is 1. The van der Waals surface area contributed by atoms with Gasteiger partial charge in [0.05, 0.1) is 16.2 Å². The SMILES string of the molecule is Fc1c(Nc2ncnc3ccc(Cl)nc23)ccc(Br)c1Cl. The van der Waals surface area contributed by atoms with E-state index < -0.39 is 5.82 Å². The molecule has 4 nitrogen and oxygen atoms in total. The fourth-order valence-corrected chi connectivity index (χ4v) is 2.38. The van der Waals surface area contributed by atoms with Crippen LogP contribution in [0.3, 0.4) is 0 Å². The van der Waals surface area contributed by atoms with Gasteiger partial charge in [0, 0.05) is 4.47 Å². The highest BCUT2D eigenvalue weighted by Gasteiger charge is 2.13. The van der Waals surface area contributed by atoms with Crippen molar-refractivity contribution in [1.29, 1.82) is 0 Å².